The summed E-state index contributed by atoms with van der Waals surface area (Å²) in [5.41, 5.74) is 0.391. The molecule has 1 heterocycles. The van der Waals surface area contributed by atoms with Crippen LogP contribution in [-0.2, 0) is 11.3 Å². The van der Waals surface area contributed by atoms with Gasteiger partial charge in [-0.25, -0.2) is 9.59 Å². The van der Waals surface area contributed by atoms with E-state index >= 15 is 0 Å². The lowest BCUT2D eigenvalue weighted by atomic mass is 9.87. The lowest BCUT2D eigenvalue weighted by molar-refractivity contribution is -0.142. The van der Waals surface area contributed by atoms with Gasteiger partial charge in [-0.05, 0) is 30.0 Å². The van der Waals surface area contributed by atoms with Crippen molar-refractivity contribution >= 4 is 12.0 Å². The summed E-state index contributed by atoms with van der Waals surface area (Å²) in [7, 11) is 0. The first-order valence-corrected chi connectivity index (χ1v) is 6.93. The maximum absolute atomic E-state index is 12.3. The van der Waals surface area contributed by atoms with Crippen LogP contribution in [-0.4, -0.2) is 39.6 Å². The van der Waals surface area contributed by atoms with Crippen molar-refractivity contribution in [3.63, 3.8) is 0 Å². The third-order valence-corrected chi connectivity index (χ3v) is 3.17. The normalized spacial score (nSPS) is 12.6. The minimum atomic E-state index is -1.03. The molecular formula is C15H23N3O3. The molecule has 0 fully saturated rings. The van der Waals surface area contributed by atoms with Crippen molar-refractivity contribution in [2.75, 3.05) is 6.54 Å². The number of hydrogen-bond donors (Lipinski definition) is 2. The van der Waals surface area contributed by atoms with Crippen LogP contribution in [0.4, 0.5) is 4.79 Å². The van der Waals surface area contributed by atoms with Crippen LogP contribution in [0.5, 0.6) is 0 Å². The zero-order valence-corrected chi connectivity index (χ0v) is 13.0. The Hall–Kier alpha value is -2.11. The van der Waals surface area contributed by atoms with Gasteiger partial charge < -0.3 is 15.3 Å². The minimum absolute atomic E-state index is 0.378. The molecule has 0 saturated heterocycles. The number of carbonyl (C=O) groups excluding carboxylic acids is 1. The number of amides is 2. The Kier molecular flexibility index (Phi) is 5.69. The number of carbonyl (C=O) groups is 2. The van der Waals surface area contributed by atoms with Crippen molar-refractivity contribution in [3.05, 3.63) is 30.1 Å². The van der Waals surface area contributed by atoms with E-state index < -0.39 is 17.4 Å². The first-order chi connectivity index (χ1) is 9.75. The molecule has 2 N–H and O–H groups in total. The fraction of sp³-hybridized carbons (Fsp3) is 0.533. The fourth-order valence-corrected chi connectivity index (χ4v) is 1.90. The molecule has 1 rings (SSSR count). The number of aliphatic carboxylic acids is 1. The summed E-state index contributed by atoms with van der Waals surface area (Å²) in [5, 5.41) is 11.9. The van der Waals surface area contributed by atoms with Gasteiger partial charge in [0, 0.05) is 25.5 Å². The third kappa shape index (κ3) is 5.06. The molecule has 0 radical (unpaired) electrons. The summed E-state index contributed by atoms with van der Waals surface area (Å²) in [6.07, 6.45) is 3.33. The first-order valence-electron chi connectivity index (χ1n) is 6.93. The fourth-order valence-electron chi connectivity index (χ4n) is 1.90. The highest BCUT2D eigenvalue weighted by Crippen LogP contribution is 2.19. The lowest BCUT2D eigenvalue weighted by Crippen LogP contribution is -2.53. The summed E-state index contributed by atoms with van der Waals surface area (Å²) in [6, 6.07) is 2.34. The highest BCUT2D eigenvalue weighted by atomic mass is 16.4. The highest BCUT2D eigenvalue weighted by Gasteiger charge is 2.33. The van der Waals surface area contributed by atoms with Crippen LogP contribution >= 0.6 is 0 Å². The molecular weight excluding hydrogens is 270 g/mol. The van der Waals surface area contributed by atoms with Crippen LogP contribution < -0.4 is 5.32 Å². The number of nitrogens with zero attached hydrogens (tertiary/aromatic N) is 2. The maximum Gasteiger partial charge on any atom is 0.326 e. The zero-order valence-electron chi connectivity index (χ0n) is 13.0. The zero-order chi connectivity index (χ0) is 16.0. The summed E-state index contributed by atoms with van der Waals surface area (Å²) >= 11 is 0. The van der Waals surface area contributed by atoms with Gasteiger partial charge in [0.1, 0.15) is 6.04 Å². The maximum atomic E-state index is 12.3. The molecule has 0 aliphatic heterocycles. The number of rotatable bonds is 5. The molecule has 0 aromatic carbocycles. The summed E-state index contributed by atoms with van der Waals surface area (Å²) in [6.45, 7) is 8.11. The van der Waals surface area contributed by atoms with Crippen LogP contribution in [0.1, 0.15) is 33.3 Å². The Bertz CT molecular complexity index is 483. The average Bonchev–Trinajstić information content (AvgIpc) is 2.41. The van der Waals surface area contributed by atoms with Crippen molar-refractivity contribution in [3.8, 4) is 0 Å². The standard InChI is InChI=1S/C15H23N3O3/c1-5-18(10-11-6-8-16-9-7-11)14(21)17-12(13(19)20)15(2,3)4/h6-9,12H,5,10H2,1-4H3,(H,17,21)(H,19,20)/t12-/m0/s1. The van der Waals surface area contributed by atoms with Crippen LogP contribution in [0.15, 0.2) is 24.5 Å². The monoisotopic (exact) mass is 293 g/mol. The van der Waals surface area contributed by atoms with E-state index in [1.165, 1.54) is 0 Å². The topological polar surface area (TPSA) is 82.5 Å². The van der Waals surface area contributed by atoms with Crippen molar-refractivity contribution in [2.45, 2.75) is 40.3 Å². The number of hydrogen-bond acceptors (Lipinski definition) is 3. The minimum Gasteiger partial charge on any atom is -0.480 e. The van der Waals surface area contributed by atoms with Gasteiger partial charge in [0.05, 0.1) is 0 Å². The van der Waals surface area contributed by atoms with Crippen molar-refractivity contribution in [2.24, 2.45) is 5.41 Å². The Balaban J connectivity index is 2.77. The molecule has 2 amide bonds. The van der Waals surface area contributed by atoms with Crippen LogP contribution in [0.2, 0.25) is 0 Å². The van der Waals surface area contributed by atoms with Gasteiger partial charge in [-0.1, -0.05) is 20.8 Å². The number of aromatic nitrogens is 1. The molecule has 1 atom stereocenters. The average molecular weight is 293 g/mol. The molecule has 6 nitrogen and oxygen atoms in total. The molecule has 1 aromatic rings. The molecule has 21 heavy (non-hydrogen) atoms. The molecule has 0 unspecified atom stereocenters. The van der Waals surface area contributed by atoms with E-state index in [9.17, 15) is 14.7 Å². The number of pyridine rings is 1. The number of carboxylic acid groups (broad SMARTS) is 1. The van der Waals surface area contributed by atoms with E-state index in [-0.39, 0.29) is 6.03 Å². The number of urea groups is 1. The summed E-state index contributed by atoms with van der Waals surface area (Å²) < 4.78 is 0. The number of nitrogens with one attached hydrogen (secondary N) is 1. The molecule has 0 spiro atoms. The molecule has 1 aromatic heterocycles. The second kappa shape index (κ2) is 7.06. The van der Waals surface area contributed by atoms with Crippen molar-refractivity contribution < 1.29 is 14.7 Å². The Labute approximate surface area is 125 Å². The van der Waals surface area contributed by atoms with Gasteiger partial charge in [-0.3, -0.25) is 4.98 Å². The molecule has 0 aliphatic rings. The van der Waals surface area contributed by atoms with E-state index in [0.29, 0.717) is 13.1 Å². The van der Waals surface area contributed by atoms with Gasteiger partial charge >= 0.3 is 12.0 Å². The van der Waals surface area contributed by atoms with E-state index in [1.807, 2.05) is 19.1 Å². The second-order valence-corrected chi connectivity index (χ2v) is 5.96. The predicted octanol–water partition coefficient (Wildman–Crippen LogP) is 2.11. The third-order valence-electron chi connectivity index (χ3n) is 3.17. The van der Waals surface area contributed by atoms with E-state index in [1.54, 1.807) is 38.1 Å². The lowest BCUT2D eigenvalue weighted by Gasteiger charge is -2.30. The van der Waals surface area contributed by atoms with E-state index in [4.69, 9.17) is 0 Å². The number of carboxylic acids is 1. The molecule has 0 bridgehead atoms. The van der Waals surface area contributed by atoms with Crippen molar-refractivity contribution in [1.29, 1.82) is 0 Å². The highest BCUT2D eigenvalue weighted by molar-refractivity contribution is 5.83. The molecule has 0 saturated carbocycles. The van der Waals surface area contributed by atoms with Gasteiger partial charge in [0.15, 0.2) is 0 Å². The Morgan fingerprint density at radius 3 is 2.33 bits per heavy atom. The van der Waals surface area contributed by atoms with Gasteiger partial charge in [-0.15, -0.1) is 0 Å². The SMILES string of the molecule is CCN(Cc1ccncc1)C(=O)N[C@@H](C(=O)O)C(C)(C)C. The Morgan fingerprint density at radius 2 is 1.90 bits per heavy atom. The summed E-state index contributed by atoms with van der Waals surface area (Å²) in [5.74, 6) is -1.03. The molecule has 0 aliphatic carbocycles. The summed E-state index contributed by atoms with van der Waals surface area (Å²) in [4.78, 5) is 29.1. The van der Waals surface area contributed by atoms with Gasteiger partial charge in [-0.2, -0.15) is 0 Å². The largest absolute Gasteiger partial charge is 0.480 e. The van der Waals surface area contributed by atoms with Crippen LogP contribution in [0.25, 0.3) is 0 Å². The van der Waals surface area contributed by atoms with Gasteiger partial charge in [0.2, 0.25) is 0 Å². The van der Waals surface area contributed by atoms with Crippen LogP contribution in [0, 0.1) is 5.41 Å². The van der Waals surface area contributed by atoms with E-state index in [0.717, 1.165) is 5.56 Å². The quantitative estimate of drug-likeness (QED) is 0.871. The Morgan fingerprint density at radius 1 is 1.33 bits per heavy atom. The molecule has 116 valence electrons. The predicted molar refractivity (Wildman–Crippen MR) is 79.7 cm³/mol. The van der Waals surface area contributed by atoms with Crippen molar-refractivity contribution in [1.82, 2.24) is 15.2 Å². The smallest absolute Gasteiger partial charge is 0.326 e. The van der Waals surface area contributed by atoms with Gasteiger partial charge in [0.25, 0.3) is 0 Å². The van der Waals surface area contributed by atoms with Crippen LogP contribution in [0.3, 0.4) is 0 Å². The van der Waals surface area contributed by atoms with E-state index in [2.05, 4.69) is 10.3 Å². The molecule has 6 heteroatoms. The first kappa shape index (κ1) is 16.9. The second-order valence-electron chi connectivity index (χ2n) is 5.96.